The molecule has 0 fully saturated rings. The Hall–Kier alpha value is -4.27. The van der Waals surface area contributed by atoms with Crippen molar-refractivity contribution in [1.29, 1.82) is 0 Å². The van der Waals surface area contributed by atoms with Crippen molar-refractivity contribution in [1.82, 2.24) is 0 Å². The van der Waals surface area contributed by atoms with Crippen LogP contribution in [-0.2, 0) is 20.9 Å². The molecule has 0 radical (unpaired) electrons. The molecule has 2 aromatic rings. The van der Waals surface area contributed by atoms with Crippen molar-refractivity contribution in [2.75, 3.05) is 0 Å². The Morgan fingerprint density at radius 3 is 1.69 bits per heavy atom. The number of aromatic hydroxyl groups is 4. The number of phenols is 4. The van der Waals surface area contributed by atoms with E-state index in [0.717, 1.165) is 12.8 Å². The second-order valence-corrected chi connectivity index (χ2v) is 13.8. The number of Topliss-reactive ketones (excluding diaryl/α,β-unsaturated/α-hetero) is 2. The van der Waals surface area contributed by atoms with Crippen molar-refractivity contribution >= 4 is 29.0 Å². The maximum absolute atomic E-state index is 14.5. The van der Waals surface area contributed by atoms with Crippen LogP contribution in [0.3, 0.4) is 0 Å². The average molecular weight is 617 g/mol. The van der Waals surface area contributed by atoms with E-state index in [1.807, 2.05) is 41.5 Å². The van der Waals surface area contributed by atoms with Gasteiger partial charge >= 0.3 is 0 Å². The van der Waals surface area contributed by atoms with Gasteiger partial charge in [-0.2, -0.15) is 0 Å². The highest BCUT2D eigenvalue weighted by atomic mass is 16.5. The molecule has 2 aromatic carbocycles. The number of rotatable bonds is 4. The van der Waals surface area contributed by atoms with Crippen LogP contribution in [0.4, 0.5) is 0 Å². The number of hydrogen-bond donors (Lipinski definition) is 5. The second kappa shape index (κ2) is 10.7. The average Bonchev–Trinajstić information content (AvgIpc) is 2.99. The van der Waals surface area contributed by atoms with Crippen molar-refractivity contribution in [3.05, 3.63) is 56.0 Å². The summed E-state index contributed by atoms with van der Waals surface area (Å²) in [5.41, 5.74) is 1.41. The van der Waals surface area contributed by atoms with Gasteiger partial charge in [-0.25, -0.2) is 0 Å². The summed E-state index contributed by atoms with van der Waals surface area (Å²) >= 11 is 0. The van der Waals surface area contributed by atoms with Gasteiger partial charge in [0.1, 0.15) is 6.61 Å². The Bertz CT molecular complexity index is 1760. The molecule has 9 heteroatoms. The molecular weight excluding hydrogens is 576 g/mol. The third-order valence-corrected chi connectivity index (χ3v) is 10.7. The molecule has 0 aromatic heterocycles. The Kier molecular flexibility index (Phi) is 7.29. The quantitative estimate of drug-likeness (QED) is 0.139. The smallest absolute Gasteiger partial charge is 0.232 e. The highest BCUT2D eigenvalue weighted by Crippen LogP contribution is 2.58. The number of hydrogen-bond acceptors (Lipinski definition) is 9. The first-order valence-electron chi connectivity index (χ1n) is 15.8. The van der Waals surface area contributed by atoms with Crippen LogP contribution < -0.4 is 0 Å². The minimum Gasteiger partial charge on any atom is -0.504 e. The minimum absolute atomic E-state index is 0.000276. The first-order chi connectivity index (χ1) is 21.2. The second-order valence-electron chi connectivity index (χ2n) is 13.8. The van der Waals surface area contributed by atoms with Gasteiger partial charge in [0, 0.05) is 27.8 Å². The SMILES string of the molecule is CC(C)[C@H]1CC[C@H](C)c2c(O)c(O)c(C=O)c(C3=C(O)C(=O)C4=C(OCc5c(O)c(O)c6c(c54)[C@@H](C(C)C)CC[C@@H]6C)C3=O)c21. The van der Waals surface area contributed by atoms with E-state index < -0.39 is 40.1 Å². The minimum atomic E-state index is -0.920. The van der Waals surface area contributed by atoms with Crippen LogP contribution in [-0.4, -0.2) is 43.4 Å². The number of ether oxygens (including phenoxy) is 1. The molecule has 0 saturated carbocycles. The van der Waals surface area contributed by atoms with Gasteiger partial charge in [-0.05, 0) is 72.3 Å². The fraction of sp³-hybridized carbons (Fsp3) is 0.472. The molecule has 45 heavy (non-hydrogen) atoms. The van der Waals surface area contributed by atoms with Crippen LogP contribution in [0.2, 0.25) is 0 Å². The van der Waals surface area contributed by atoms with E-state index in [-0.39, 0.29) is 75.9 Å². The van der Waals surface area contributed by atoms with Crippen LogP contribution in [0.5, 0.6) is 23.0 Å². The van der Waals surface area contributed by atoms with Gasteiger partial charge in [-0.1, -0.05) is 41.5 Å². The zero-order valence-electron chi connectivity index (χ0n) is 26.4. The van der Waals surface area contributed by atoms with Crippen LogP contribution in [0.1, 0.15) is 140 Å². The van der Waals surface area contributed by atoms with E-state index in [1.54, 1.807) is 0 Å². The fourth-order valence-electron chi connectivity index (χ4n) is 8.35. The Morgan fingerprint density at radius 1 is 0.667 bits per heavy atom. The summed E-state index contributed by atoms with van der Waals surface area (Å²) in [6.07, 6.45) is 3.20. The third-order valence-electron chi connectivity index (χ3n) is 10.7. The predicted molar refractivity (Wildman–Crippen MR) is 167 cm³/mol. The molecule has 0 spiro atoms. The first-order valence-corrected chi connectivity index (χ1v) is 15.8. The number of carbonyl (C=O) groups is 3. The highest BCUT2D eigenvalue weighted by molar-refractivity contribution is 6.47. The molecule has 238 valence electrons. The van der Waals surface area contributed by atoms with Gasteiger partial charge < -0.3 is 30.3 Å². The highest BCUT2D eigenvalue weighted by Gasteiger charge is 2.48. The lowest BCUT2D eigenvalue weighted by atomic mass is 9.66. The number of aldehydes is 1. The van der Waals surface area contributed by atoms with E-state index >= 15 is 0 Å². The lowest BCUT2D eigenvalue weighted by Gasteiger charge is -2.39. The van der Waals surface area contributed by atoms with Crippen molar-refractivity contribution in [2.45, 2.75) is 97.5 Å². The lowest BCUT2D eigenvalue weighted by molar-refractivity contribution is -0.117. The van der Waals surface area contributed by atoms with Gasteiger partial charge in [0.15, 0.2) is 40.8 Å². The number of aliphatic hydroxyl groups is 1. The summed E-state index contributed by atoms with van der Waals surface area (Å²) in [4.78, 5) is 41.4. The monoisotopic (exact) mass is 616 g/mol. The number of carbonyl (C=O) groups excluding carboxylic acids is 3. The van der Waals surface area contributed by atoms with Crippen LogP contribution in [0, 0.1) is 11.8 Å². The number of benzene rings is 2. The number of phenolic OH excluding ortho intramolecular Hbond substituents is 4. The van der Waals surface area contributed by atoms with Crippen molar-refractivity contribution in [3.8, 4) is 23.0 Å². The summed E-state index contributed by atoms with van der Waals surface area (Å²) in [5, 5.41) is 56.0. The molecule has 0 unspecified atom stereocenters. The molecule has 4 atom stereocenters. The van der Waals surface area contributed by atoms with E-state index in [2.05, 4.69) is 0 Å². The molecule has 5 N–H and O–H groups in total. The van der Waals surface area contributed by atoms with E-state index in [4.69, 9.17) is 4.74 Å². The molecule has 1 aliphatic heterocycles. The summed E-state index contributed by atoms with van der Waals surface area (Å²) < 4.78 is 5.90. The molecule has 0 saturated heterocycles. The van der Waals surface area contributed by atoms with E-state index in [9.17, 15) is 39.9 Å². The van der Waals surface area contributed by atoms with Crippen LogP contribution in [0.15, 0.2) is 11.5 Å². The number of ketones is 2. The van der Waals surface area contributed by atoms with Crippen LogP contribution >= 0.6 is 0 Å². The molecule has 1 heterocycles. The molecule has 0 bridgehead atoms. The number of aliphatic hydroxyl groups excluding tert-OH is 1. The van der Waals surface area contributed by atoms with E-state index in [1.165, 1.54) is 0 Å². The molecule has 3 aliphatic carbocycles. The normalized spacial score (nSPS) is 24.4. The standard InChI is InChI=1S/C36H40O9/c1-13(2)17-9-7-15(5)21-23(17)25(19(11-37)29(38)31(21)40)27-33(42)34(43)28-26-20(12-45-36(28)35(27)44)30(39)32(41)22-16(6)8-10-18(14(3)4)24(22)26/h11,13-18,38-42H,7-10,12H2,1-6H3/t15-,16-,17+,18+/m0/s1. The van der Waals surface area contributed by atoms with Gasteiger partial charge in [0.05, 0.1) is 16.7 Å². The van der Waals surface area contributed by atoms with Gasteiger partial charge in [-0.3, -0.25) is 14.4 Å². The van der Waals surface area contributed by atoms with Crippen molar-refractivity contribution in [3.63, 3.8) is 0 Å². The lowest BCUT2D eigenvalue weighted by Crippen LogP contribution is -2.31. The topological polar surface area (TPSA) is 162 Å². The summed E-state index contributed by atoms with van der Waals surface area (Å²) in [5.74, 6) is -5.45. The van der Waals surface area contributed by atoms with Crippen molar-refractivity contribution in [2.24, 2.45) is 11.8 Å². The molecule has 0 amide bonds. The Labute approximate surface area is 261 Å². The maximum atomic E-state index is 14.5. The summed E-state index contributed by atoms with van der Waals surface area (Å²) in [7, 11) is 0. The molecular formula is C36H40O9. The molecule has 4 aliphatic rings. The number of allylic oxidation sites excluding steroid dienone is 2. The van der Waals surface area contributed by atoms with Crippen LogP contribution in [0.25, 0.3) is 11.1 Å². The summed E-state index contributed by atoms with van der Waals surface area (Å²) in [6, 6.07) is 0. The van der Waals surface area contributed by atoms with Gasteiger partial charge in [-0.15, -0.1) is 0 Å². The van der Waals surface area contributed by atoms with Gasteiger partial charge in [0.25, 0.3) is 0 Å². The Morgan fingerprint density at radius 2 is 1.18 bits per heavy atom. The van der Waals surface area contributed by atoms with E-state index in [0.29, 0.717) is 46.9 Å². The third kappa shape index (κ3) is 4.15. The maximum Gasteiger partial charge on any atom is 0.232 e. The molecule has 6 rings (SSSR count). The Balaban J connectivity index is 1.67. The fourth-order valence-corrected chi connectivity index (χ4v) is 8.35. The zero-order valence-corrected chi connectivity index (χ0v) is 26.4. The largest absolute Gasteiger partial charge is 0.504 e. The number of fused-ring (bicyclic) bond motifs is 5. The van der Waals surface area contributed by atoms with Gasteiger partial charge in [0.2, 0.25) is 11.6 Å². The summed E-state index contributed by atoms with van der Waals surface area (Å²) in [6.45, 7) is 11.5. The predicted octanol–water partition coefficient (Wildman–Crippen LogP) is 6.96. The first kappa shape index (κ1) is 30.7. The zero-order chi connectivity index (χ0) is 32.8. The van der Waals surface area contributed by atoms with Crippen molar-refractivity contribution < 1.29 is 44.7 Å². The molecule has 9 nitrogen and oxygen atoms in total.